The van der Waals surface area contributed by atoms with Crippen LogP contribution in [0.5, 0.6) is 0 Å². The van der Waals surface area contributed by atoms with E-state index in [1.165, 1.54) is 0 Å². The van der Waals surface area contributed by atoms with Gasteiger partial charge in [0.15, 0.2) is 0 Å². The van der Waals surface area contributed by atoms with E-state index in [0.717, 1.165) is 45.6 Å². The highest BCUT2D eigenvalue weighted by Crippen LogP contribution is 2.39. The van der Waals surface area contributed by atoms with Crippen molar-refractivity contribution >= 4 is 6.47 Å². The predicted molar refractivity (Wildman–Crippen MR) is 53.1 cm³/mol. The number of ether oxygens (including phenoxy) is 1. The molecule has 14 heavy (non-hydrogen) atoms. The lowest BCUT2D eigenvalue weighted by Crippen LogP contribution is -2.47. The average Bonchev–Trinajstić information content (AvgIpc) is 2.90. The second-order valence-corrected chi connectivity index (χ2v) is 4.48. The fraction of sp³-hybridized carbons (Fsp3) is 0.900. The second-order valence-electron chi connectivity index (χ2n) is 4.48. The molecule has 0 unspecified atom stereocenters. The molecule has 0 bridgehead atoms. The van der Waals surface area contributed by atoms with Crippen molar-refractivity contribution in [3.8, 4) is 0 Å². The first-order valence-corrected chi connectivity index (χ1v) is 5.26. The van der Waals surface area contributed by atoms with E-state index in [1.807, 2.05) is 0 Å². The van der Waals surface area contributed by atoms with Crippen LogP contribution in [0.25, 0.3) is 0 Å². The van der Waals surface area contributed by atoms with Crippen molar-refractivity contribution in [3.05, 3.63) is 0 Å². The minimum Gasteiger partial charge on any atom is -0.460 e. The molecule has 0 amide bonds. The Hall–Kier alpha value is -0.610. The Bertz CT molecular complexity index is 208. The van der Waals surface area contributed by atoms with Crippen molar-refractivity contribution in [2.24, 2.45) is 0 Å². The highest BCUT2D eigenvalue weighted by molar-refractivity contribution is 5.39. The van der Waals surface area contributed by atoms with Gasteiger partial charge in [-0.2, -0.15) is 0 Å². The third-order valence-electron chi connectivity index (χ3n) is 3.21. The molecule has 0 aromatic heterocycles. The number of piperazine rings is 1. The molecule has 1 saturated heterocycles. The normalized spacial score (nSPS) is 27.2. The molecule has 4 heteroatoms. The standard InChI is InChI=1S/C10H18N2O2/c1-11-4-6-12(7-5-11)8-10(2-3-10)14-9-13/h9H,2-8H2,1H3. The Morgan fingerprint density at radius 3 is 2.43 bits per heavy atom. The Morgan fingerprint density at radius 2 is 1.93 bits per heavy atom. The molecule has 0 aromatic rings. The van der Waals surface area contributed by atoms with Crippen molar-refractivity contribution < 1.29 is 9.53 Å². The minimum atomic E-state index is -0.113. The van der Waals surface area contributed by atoms with Crippen LogP contribution in [0.1, 0.15) is 12.8 Å². The van der Waals surface area contributed by atoms with Gasteiger partial charge in [-0.25, -0.2) is 0 Å². The monoisotopic (exact) mass is 198 g/mol. The van der Waals surface area contributed by atoms with Gasteiger partial charge in [-0.15, -0.1) is 0 Å². The first kappa shape index (κ1) is 9.93. The Morgan fingerprint density at radius 1 is 1.29 bits per heavy atom. The SMILES string of the molecule is CN1CCN(CC2(OC=O)CC2)CC1. The van der Waals surface area contributed by atoms with Crippen LogP contribution in [0.3, 0.4) is 0 Å². The van der Waals surface area contributed by atoms with Crippen LogP contribution in [0.4, 0.5) is 0 Å². The first-order valence-electron chi connectivity index (χ1n) is 5.26. The maximum absolute atomic E-state index is 10.3. The summed E-state index contributed by atoms with van der Waals surface area (Å²) in [7, 11) is 2.14. The van der Waals surface area contributed by atoms with E-state index >= 15 is 0 Å². The number of carbonyl (C=O) groups excluding carboxylic acids is 1. The van der Waals surface area contributed by atoms with Gasteiger partial charge in [-0.3, -0.25) is 9.69 Å². The lowest BCUT2D eigenvalue weighted by atomic mass is 10.2. The molecular formula is C10H18N2O2. The zero-order chi connectivity index (χ0) is 10.0. The summed E-state index contributed by atoms with van der Waals surface area (Å²) in [6, 6.07) is 0. The Balaban J connectivity index is 1.77. The molecular weight excluding hydrogens is 180 g/mol. The number of hydrogen-bond donors (Lipinski definition) is 0. The average molecular weight is 198 g/mol. The van der Waals surface area contributed by atoms with E-state index in [2.05, 4.69) is 16.8 Å². The summed E-state index contributed by atoms with van der Waals surface area (Å²) in [4.78, 5) is 15.0. The topological polar surface area (TPSA) is 32.8 Å². The minimum absolute atomic E-state index is 0.113. The van der Waals surface area contributed by atoms with Crippen LogP contribution in [0.2, 0.25) is 0 Å². The van der Waals surface area contributed by atoms with Gasteiger partial charge in [0.1, 0.15) is 5.60 Å². The van der Waals surface area contributed by atoms with Crippen molar-refractivity contribution in [3.63, 3.8) is 0 Å². The number of rotatable bonds is 4. The number of hydrogen-bond acceptors (Lipinski definition) is 4. The van der Waals surface area contributed by atoms with E-state index in [9.17, 15) is 4.79 Å². The number of nitrogens with zero attached hydrogens (tertiary/aromatic N) is 2. The highest BCUT2D eigenvalue weighted by Gasteiger charge is 2.46. The number of likely N-dealkylation sites (N-methyl/N-ethyl adjacent to an activating group) is 1. The lowest BCUT2D eigenvalue weighted by molar-refractivity contribution is -0.136. The largest absolute Gasteiger partial charge is 0.460 e. The van der Waals surface area contributed by atoms with Gasteiger partial charge in [-0.05, 0) is 19.9 Å². The molecule has 1 aliphatic carbocycles. The summed E-state index contributed by atoms with van der Waals surface area (Å²) < 4.78 is 5.13. The van der Waals surface area contributed by atoms with Crippen LogP contribution in [0, 0.1) is 0 Å². The molecule has 0 spiro atoms. The van der Waals surface area contributed by atoms with E-state index in [4.69, 9.17) is 4.74 Å². The number of carbonyl (C=O) groups is 1. The van der Waals surface area contributed by atoms with Crippen molar-refractivity contribution in [2.45, 2.75) is 18.4 Å². The summed E-state index contributed by atoms with van der Waals surface area (Å²) in [5, 5.41) is 0. The fourth-order valence-corrected chi connectivity index (χ4v) is 1.97. The Labute approximate surface area is 84.8 Å². The highest BCUT2D eigenvalue weighted by atomic mass is 16.5. The second kappa shape index (κ2) is 3.87. The molecule has 0 atom stereocenters. The third-order valence-corrected chi connectivity index (χ3v) is 3.21. The lowest BCUT2D eigenvalue weighted by Gasteiger charge is -2.34. The van der Waals surface area contributed by atoms with E-state index in [-0.39, 0.29) is 5.60 Å². The molecule has 80 valence electrons. The molecule has 2 fully saturated rings. The van der Waals surface area contributed by atoms with Crippen LogP contribution in [-0.4, -0.2) is 61.6 Å². The molecule has 0 aromatic carbocycles. The summed E-state index contributed by atoms with van der Waals surface area (Å²) in [6.45, 7) is 5.97. The van der Waals surface area contributed by atoms with Gasteiger partial charge in [0.2, 0.25) is 0 Å². The van der Waals surface area contributed by atoms with Crippen molar-refractivity contribution in [2.75, 3.05) is 39.8 Å². The summed E-state index contributed by atoms with van der Waals surface area (Å²) in [5.41, 5.74) is -0.113. The van der Waals surface area contributed by atoms with Gasteiger partial charge < -0.3 is 9.64 Å². The zero-order valence-electron chi connectivity index (χ0n) is 8.74. The van der Waals surface area contributed by atoms with E-state index in [0.29, 0.717) is 6.47 Å². The van der Waals surface area contributed by atoms with E-state index < -0.39 is 0 Å². The van der Waals surface area contributed by atoms with Crippen LogP contribution in [0.15, 0.2) is 0 Å². The summed E-state index contributed by atoms with van der Waals surface area (Å²) in [6.07, 6.45) is 2.08. The molecule has 0 radical (unpaired) electrons. The van der Waals surface area contributed by atoms with Crippen LogP contribution < -0.4 is 0 Å². The van der Waals surface area contributed by atoms with Gasteiger partial charge in [0, 0.05) is 32.7 Å². The van der Waals surface area contributed by atoms with Gasteiger partial charge in [0.05, 0.1) is 0 Å². The Kier molecular flexibility index (Phi) is 2.74. The smallest absolute Gasteiger partial charge is 0.293 e. The maximum Gasteiger partial charge on any atom is 0.293 e. The quantitative estimate of drug-likeness (QED) is 0.592. The van der Waals surface area contributed by atoms with Gasteiger partial charge in [-0.1, -0.05) is 0 Å². The van der Waals surface area contributed by atoms with Gasteiger partial charge in [0.25, 0.3) is 6.47 Å². The summed E-state index contributed by atoms with van der Waals surface area (Å²) in [5.74, 6) is 0. The van der Waals surface area contributed by atoms with Crippen molar-refractivity contribution in [1.29, 1.82) is 0 Å². The summed E-state index contributed by atoms with van der Waals surface area (Å²) >= 11 is 0. The van der Waals surface area contributed by atoms with Crippen LogP contribution in [-0.2, 0) is 9.53 Å². The van der Waals surface area contributed by atoms with Crippen LogP contribution >= 0.6 is 0 Å². The third kappa shape index (κ3) is 2.25. The maximum atomic E-state index is 10.3. The van der Waals surface area contributed by atoms with Gasteiger partial charge >= 0.3 is 0 Å². The molecule has 0 N–H and O–H groups in total. The molecule has 1 heterocycles. The molecule has 1 saturated carbocycles. The zero-order valence-corrected chi connectivity index (χ0v) is 8.74. The van der Waals surface area contributed by atoms with E-state index in [1.54, 1.807) is 0 Å². The first-order chi connectivity index (χ1) is 6.74. The predicted octanol–water partition coefficient (Wildman–Crippen LogP) is -0.0606. The molecule has 2 aliphatic rings. The molecule has 4 nitrogen and oxygen atoms in total. The molecule has 2 rings (SSSR count). The molecule has 1 aliphatic heterocycles. The van der Waals surface area contributed by atoms with Crippen molar-refractivity contribution in [1.82, 2.24) is 9.80 Å². The fourth-order valence-electron chi connectivity index (χ4n) is 1.97.